The minimum atomic E-state index is -0.0965. The lowest BCUT2D eigenvalue weighted by Crippen LogP contribution is -1.97. The van der Waals surface area contributed by atoms with Gasteiger partial charge in [0, 0.05) is 5.56 Å². The van der Waals surface area contributed by atoms with Gasteiger partial charge in [-0.05, 0) is 58.8 Å². The summed E-state index contributed by atoms with van der Waals surface area (Å²) in [5, 5.41) is 2.18. The normalized spacial score (nSPS) is 10.9. The highest BCUT2D eigenvalue weighted by atomic mass is 16.5. The van der Waals surface area contributed by atoms with Gasteiger partial charge in [0.05, 0.1) is 21.3 Å². The molecule has 0 N–H and O–H groups in total. The Bertz CT molecular complexity index is 973. The molecule has 3 aromatic carbocycles. The van der Waals surface area contributed by atoms with Crippen LogP contribution >= 0.6 is 0 Å². The number of allylic oxidation sites excluding steroid dienone is 1. The number of hydrogen-bond donors (Lipinski definition) is 0. The van der Waals surface area contributed by atoms with Gasteiger partial charge in [0.2, 0.25) is 0 Å². The molecule has 3 aromatic rings. The Balaban J connectivity index is 1.82. The third-order valence-corrected chi connectivity index (χ3v) is 4.17. The van der Waals surface area contributed by atoms with Crippen LogP contribution in [0.4, 0.5) is 0 Å². The molecule has 0 unspecified atom stereocenters. The predicted octanol–water partition coefficient (Wildman–Crippen LogP) is 4.76. The second-order valence-electron chi connectivity index (χ2n) is 5.74. The fourth-order valence-corrected chi connectivity index (χ4v) is 2.73. The van der Waals surface area contributed by atoms with Gasteiger partial charge in [-0.3, -0.25) is 4.79 Å². The first-order valence-corrected chi connectivity index (χ1v) is 8.17. The standard InChI is InChI=1S/C22H20O4/c1-24-19-9-7-16-12-15(4-6-17(16)13-19)5-10-20(23)18-8-11-21(25-2)22(14-18)26-3/h4-14H,1-3H3. The van der Waals surface area contributed by atoms with Gasteiger partial charge in [-0.25, -0.2) is 0 Å². The van der Waals surface area contributed by atoms with Gasteiger partial charge in [0.25, 0.3) is 0 Å². The van der Waals surface area contributed by atoms with Gasteiger partial charge in [0.1, 0.15) is 5.75 Å². The van der Waals surface area contributed by atoms with E-state index < -0.39 is 0 Å². The molecule has 0 aromatic heterocycles. The number of methoxy groups -OCH3 is 3. The maximum atomic E-state index is 12.4. The molecule has 0 aliphatic carbocycles. The van der Waals surface area contributed by atoms with E-state index in [-0.39, 0.29) is 5.78 Å². The van der Waals surface area contributed by atoms with Crippen molar-refractivity contribution in [2.24, 2.45) is 0 Å². The Hall–Kier alpha value is -3.27. The largest absolute Gasteiger partial charge is 0.497 e. The molecule has 0 amide bonds. The fourth-order valence-electron chi connectivity index (χ4n) is 2.73. The van der Waals surface area contributed by atoms with Crippen LogP contribution in [-0.4, -0.2) is 27.1 Å². The summed E-state index contributed by atoms with van der Waals surface area (Å²) in [4.78, 5) is 12.4. The minimum Gasteiger partial charge on any atom is -0.497 e. The molecule has 0 radical (unpaired) electrons. The molecule has 0 aliphatic heterocycles. The van der Waals surface area contributed by atoms with Crippen LogP contribution in [-0.2, 0) is 0 Å². The van der Waals surface area contributed by atoms with Crippen molar-refractivity contribution < 1.29 is 19.0 Å². The molecule has 4 heteroatoms. The summed E-state index contributed by atoms with van der Waals surface area (Å²) in [5.41, 5.74) is 1.50. The van der Waals surface area contributed by atoms with E-state index in [2.05, 4.69) is 0 Å². The Kier molecular flexibility index (Phi) is 5.23. The lowest BCUT2D eigenvalue weighted by Gasteiger charge is -2.08. The summed E-state index contributed by atoms with van der Waals surface area (Å²) < 4.78 is 15.7. The Morgan fingerprint density at radius 3 is 2.23 bits per heavy atom. The van der Waals surface area contributed by atoms with Crippen molar-refractivity contribution in [3.8, 4) is 17.2 Å². The number of ether oxygens (including phenoxy) is 3. The van der Waals surface area contributed by atoms with Crippen molar-refractivity contribution in [3.63, 3.8) is 0 Å². The highest BCUT2D eigenvalue weighted by molar-refractivity contribution is 6.07. The van der Waals surface area contributed by atoms with Crippen molar-refractivity contribution in [1.29, 1.82) is 0 Å². The monoisotopic (exact) mass is 348 g/mol. The first kappa shape index (κ1) is 17.5. The van der Waals surface area contributed by atoms with Gasteiger partial charge in [-0.1, -0.05) is 24.3 Å². The second kappa shape index (κ2) is 7.74. The number of fused-ring (bicyclic) bond motifs is 1. The first-order chi connectivity index (χ1) is 12.6. The molecular formula is C22H20O4. The minimum absolute atomic E-state index is 0.0965. The molecule has 0 spiro atoms. The van der Waals surface area contributed by atoms with Crippen LogP contribution in [0.2, 0.25) is 0 Å². The molecule has 0 aliphatic rings. The number of hydrogen-bond acceptors (Lipinski definition) is 4. The zero-order chi connectivity index (χ0) is 18.5. The number of ketones is 1. The van der Waals surface area contributed by atoms with E-state index in [4.69, 9.17) is 14.2 Å². The number of carbonyl (C=O) groups excluding carboxylic acids is 1. The summed E-state index contributed by atoms with van der Waals surface area (Å²) in [6.07, 6.45) is 3.37. The van der Waals surface area contributed by atoms with Crippen molar-refractivity contribution in [1.82, 2.24) is 0 Å². The molecular weight excluding hydrogens is 328 g/mol. The molecule has 3 rings (SSSR count). The Morgan fingerprint density at radius 2 is 1.50 bits per heavy atom. The summed E-state index contributed by atoms with van der Waals surface area (Å²) in [7, 11) is 4.76. The molecule has 0 heterocycles. The van der Waals surface area contributed by atoms with E-state index in [1.165, 1.54) is 0 Å². The van der Waals surface area contributed by atoms with Crippen molar-refractivity contribution in [2.75, 3.05) is 21.3 Å². The van der Waals surface area contributed by atoms with E-state index in [0.717, 1.165) is 22.1 Å². The zero-order valence-electron chi connectivity index (χ0n) is 15.0. The lowest BCUT2D eigenvalue weighted by atomic mass is 10.0. The van der Waals surface area contributed by atoms with Gasteiger partial charge in [-0.2, -0.15) is 0 Å². The average molecular weight is 348 g/mol. The maximum Gasteiger partial charge on any atom is 0.185 e. The topological polar surface area (TPSA) is 44.8 Å². The van der Waals surface area contributed by atoms with Crippen LogP contribution in [0.25, 0.3) is 16.8 Å². The molecule has 4 nitrogen and oxygen atoms in total. The van der Waals surface area contributed by atoms with E-state index >= 15 is 0 Å². The van der Waals surface area contributed by atoms with Crippen LogP contribution in [0.15, 0.2) is 60.7 Å². The quantitative estimate of drug-likeness (QED) is 0.476. The molecule has 0 bridgehead atoms. The third-order valence-electron chi connectivity index (χ3n) is 4.17. The van der Waals surface area contributed by atoms with Gasteiger partial charge in [0.15, 0.2) is 17.3 Å². The number of rotatable bonds is 6. The summed E-state index contributed by atoms with van der Waals surface area (Å²) >= 11 is 0. The van der Waals surface area contributed by atoms with Gasteiger partial charge >= 0.3 is 0 Å². The van der Waals surface area contributed by atoms with Crippen molar-refractivity contribution in [3.05, 3.63) is 71.8 Å². The lowest BCUT2D eigenvalue weighted by molar-refractivity contribution is 0.104. The number of benzene rings is 3. The molecule has 0 saturated carbocycles. The van der Waals surface area contributed by atoms with Crippen LogP contribution in [0.5, 0.6) is 17.2 Å². The maximum absolute atomic E-state index is 12.4. The first-order valence-electron chi connectivity index (χ1n) is 8.17. The van der Waals surface area contributed by atoms with Crippen LogP contribution in [0.1, 0.15) is 15.9 Å². The summed E-state index contributed by atoms with van der Waals surface area (Å²) in [6, 6.07) is 17.1. The highest BCUT2D eigenvalue weighted by Crippen LogP contribution is 2.28. The molecule has 0 atom stereocenters. The third kappa shape index (κ3) is 3.70. The van der Waals surface area contributed by atoms with Crippen molar-refractivity contribution >= 4 is 22.6 Å². The van der Waals surface area contributed by atoms with Crippen LogP contribution in [0, 0.1) is 0 Å². The van der Waals surface area contributed by atoms with Gasteiger partial charge in [-0.15, -0.1) is 0 Å². The molecule has 26 heavy (non-hydrogen) atoms. The Labute approximate surface area is 152 Å². The average Bonchev–Trinajstić information content (AvgIpc) is 2.70. The second-order valence-corrected chi connectivity index (χ2v) is 5.74. The predicted molar refractivity (Wildman–Crippen MR) is 103 cm³/mol. The van der Waals surface area contributed by atoms with E-state index in [1.54, 1.807) is 45.6 Å². The SMILES string of the molecule is COc1ccc2cc(C=CC(=O)c3ccc(OC)c(OC)c3)ccc2c1. The highest BCUT2D eigenvalue weighted by Gasteiger charge is 2.08. The van der Waals surface area contributed by atoms with Crippen LogP contribution < -0.4 is 14.2 Å². The molecule has 0 saturated heterocycles. The fraction of sp³-hybridized carbons (Fsp3) is 0.136. The van der Waals surface area contributed by atoms with Crippen LogP contribution in [0.3, 0.4) is 0 Å². The summed E-state index contributed by atoms with van der Waals surface area (Å²) in [5.74, 6) is 1.86. The van der Waals surface area contributed by atoms with Crippen molar-refractivity contribution in [2.45, 2.75) is 0 Å². The number of carbonyl (C=O) groups is 1. The molecule has 132 valence electrons. The van der Waals surface area contributed by atoms with E-state index in [9.17, 15) is 4.79 Å². The van der Waals surface area contributed by atoms with Gasteiger partial charge < -0.3 is 14.2 Å². The van der Waals surface area contributed by atoms with E-state index in [0.29, 0.717) is 17.1 Å². The van der Waals surface area contributed by atoms with E-state index in [1.807, 2.05) is 42.5 Å². The Morgan fingerprint density at radius 1 is 0.769 bits per heavy atom. The zero-order valence-corrected chi connectivity index (χ0v) is 15.0. The molecule has 0 fully saturated rings. The summed E-state index contributed by atoms with van der Waals surface area (Å²) in [6.45, 7) is 0. The smallest absolute Gasteiger partial charge is 0.185 e.